The van der Waals surface area contributed by atoms with E-state index in [4.69, 9.17) is 9.47 Å². The predicted molar refractivity (Wildman–Crippen MR) is 88.1 cm³/mol. The van der Waals surface area contributed by atoms with Gasteiger partial charge in [-0.3, -0.25) is 4.79 Å². The molecule has 1 amide bonds. The molecule has 0 atom stereocenters. The zero-order valence-electron chi connectivity index (χ0n) is 12.7. The van der Waals surface area contributed by atoms with Crippen molar-refractivity contribution in [2.24, 2.45) is 0 Å². The number of para-hydroxylation sites is 1. The van der Waals surface area contributed by atoms with Crippen LogP contribution < -0.4 is 10.1 Å². The highest BCUT2D eigenvalue weighted by molar-refractivity contribution is 8.13. The maximum absolute atomic E-state index is 12.1. The zero-order chi connectivity index (χ0) is 16.7. The molecule has 0 unspecified atom stereocenters. The first-order valence-electron chi connectivity index (χ1n) is 6.89. The summed E-state index contributed by atoms with van der Waals surface area (Å²) in [6, 6.07) is 10.1. The molecule has 7 heteroatoms. The highest BCUT2D eigenvalue weighted by atomic mass is 32.2. The van der Waals surface area contributed by atoms with Gasteiger partial charge in [-0.1, -0.05) is 12.1 Å². The van der Waals surface area contributed by atoms with Crippen molar-refractivity contribution in [2.75, 3.05) is 19.0 Å². The topological polar surface area (TPSA) is 77.5 Å². The van der Waals surface area contributed by atoms with Gasteiger partial charge in [0.1, 0.15) is 0 Å². The molecule has 0 spiro atoms. The minimum absolute atomic E-state index is 0.271. The molecule has 0 saturated heterocycles. The van der Waals surface area contributed by atoms with E-state index in [0.717, 1.165) is 11.8 Å². The second-order valence-corrected chi connectivity index (χ2v) is 5.36. The fraction of sp³-hybridized carbons (Fsp3) is 0.188. The first kappa shape index (κ1) is 16.8. The number of nitrogens with one attached hydrogen (secondary N) is 1. The Morgan fingerprint density at radius 2 is 2.00 bits per heavy atom. The number of esters is 1. The van der Waals surface area contributed by atoms with E-state index in [0.29, 0.717) is 22.0 Å². The van der Waals surface area contributed by atoms with E-state index in [-0.39, 0.29) is 11.8 Å². The summed E-state index contributed by atoms with van der Waals surface area (Å²) in [5, 5.41) is 2.37. The monoisotopic (exact) mass is 332 g/mol. The largest absolute Gasteiger partial charge is 0.481 e. The lowest BCUT2D eigenvalue weighted by molar-refractivity contribution is 0.0527. The summed E-state index contributed by atoms with van der Waals surface area (Å²) >= 11 is 0.971. The second-order valence-electron chi connectivity index (χ2n) is 4.32. The maximum atomic E-state index is 12.1. The van der Waals surface area contributed by atoms with Crippen molar-refractivity contribution in [1.82, 2.24) is 4.98 Å². The van der Waals surface area contributed by atoms with Crippen LogP contribution in [-0.2, 0) is 4.74 Å². The van der Waals surface area contributed by atoms with Gasteiger partial charge >= 0.3 is 5.97 Å². The van der Waals surface area contributed by atoms with Gasteiger partial charge in [0.05, 0.1) is 25.0 Å². The molecule has 0 radical (unpaired) electrons. The Bertz CT molecular complexity index is 689. The number of benzene rings is 1. The average Bonchev–Trinajstić information content (AvgIpc) is 2.56. The number of carbonyl (C=O) groups is 2. The molecule has 2 aromatic rings. The number of carbonyl (C=O) groups excluding carboxylic acids is 2. The molecule has 1 aromatic carbocycles. The lowest BCUT2D eigenvalue weighted by Gasteiger charge is -2.10. The van der Waals surface area contributed by atoms with Crippen molar-refractivity contribution < 1.29 is 19.1 Å². The number of hydrogen-bond donors (Lipinski definition) is 1. The summed E-state index contributed by atoms with van der Waals surface area (Å²) in [6.07, 6.45) is 1.54. The smallest absolute Gasteiger partial charge is 0.340 e. The number of methoxy groups -OCH3 is 1. The molecule has 6 nitrogen and oxygen atoms in total. The quantitative estimate of drug-likeness (QED) is 0.666. The van der Waals surface area contributed by atoms with Crippen LogP contribution in [0.5, 0.6) is 5.88 Å². The van der Waals surface area contributed by atoms with Crippen LogP contribution in [-0.4, -0.2) is 29.9 Å². The van der Waals surface area contributed by atoms with Crippen LogP contribution in [0.25, 0.3) is 0 Å². The van der Waals surface area contributed by atoms with E-state index in [1.807, 2.05) is 0 Å². The van der Waals surface area contributed by atoms with Gasteiger partial charge in [0, 0.05) is 17.2 Å². The first-order valence-corrected chi connectivity index (χ1v) is 7.70. The molecule has 1 N–H and O–H groups in total. The van der Waals surface area contributed by atoms with Crippen LogP contribution in [0, 0.1) is 0 Å². The molecular weight excluding hydrogens is 316 g/mol. The number of anilines is 1. The molecule has 23 heavy (non-hydrogen) atoms. The molecule has 0 bridgehead atoms. The Morgan fingerprint density at radius 3 is 2.65 bits per heavy atom. The minimum atomic E-state index is -0.473. The average molecular weight is 332 g/mol. The summed E-state index contributed by atoms with van der Waals surface area (Å²) in [5.74, 6) is 0.00179. The first-order chi connectivity index (χ1) is 11.1. The molecule has 0 saturated carbocycles. The summed E-state index contributed by atoms with van der Waals surface area (Å²) < 4.78 is 9.94. The molecule has 0 aliphatic carbocycles. The standard InChI is InChI=1S/C16H16N2O4S/c1-3-22-15(19)12-6-4-5-7-13(12)18-16(20)23-11-8-9-14(21-2)17-10-11/h4-10H,3H2,1-2H3,(H,18,20). The van der Waals surface area contributed by atoms with E-state index in [1.54, 1.807) is 49.5 Å². The number of hydrogen-bond acceptors (Lipinski definition) is 6. The predicted octanol–water partition coefficient (Wildman–Crippen LogP) is 3.59. The highest BCUT2D eigenvalue weighted by Crippen LogP contribution is 2.23. The number of aromatic nitrogens is 1. The third kappa shape index (κ3) is 4.72. The van der Waals surface area contributed by atoms with Gasteiger partial charge in [0.2, 0.25) is 5.88 Å². The zero-order valence-corrected chi connectivity index (χ0v) is 13.6. The van der Waals surface area contributed by atoms with Gasteiger partial charge in [0.15, 0.2) is 0 Å². The molecular formula is C16H16N2O4S. The van der Waals surface area contributed by atoms with Crippen molar-refractivity contribution in [3.05, 3.63) is 48.2 Å². The van der Waals surface area contributed by atoms with E-state index in [1.165, 1.54) is 7.11 Å². The van der Waals surface area contributed by atoms with Crippen molar-refractivity contribution in [2.45, 2.75) is 11.8 Å². The summed E-state index contributed by atoms with van der Waals surface area (Å²) in [5.41, 5.74) is 0.723. The fourth-order valence-corrected chi connectivity index (χ4v) is 2.39. The Balaban J connectivity index is 2.06. The normalized spacial score (nSPS) is 10.0. The summed E-state index contributed by atoms with van der Waals surface area (Å²) in [7, 11) is 1.52. The molecule has 1 heterocycles. The molecule has 0 fully saturated rings. The molecule has 1 aromatic heterocycles. The number of thioether (sulfide) groups is 1. The highest BCUT2D eigenvalue weighted by Gasteiger charge is 2.14. The van der Waals surface area contributed by atoms with E-state index < -0.39 is 5.97 Å². The number of amides is 1. The van der Waals surface area contributed by atoms with E-state index in [2.05, 4.69) is 10.3 Å². The van der Waals surface area contributed by atoms with Crippen LogP contribution >= 0.6 is 11.8 Å². The van der Waals surface area contributed by atoms with Gasteiger partial charge in [-0.15, -0.1) is 0 Å². The number of pyridine rings is 1. The Labute approximate surface area is 138 Å². The lowest BCUT2D eigenvalue weighted by atomic mass is 10.2. The maximum Gasteiger partial charge on any atom is 0.340 e. The molecule has 2 rings (SSSR count). The van der Waals surface area contributed by atoms with Crippen LogP contribution in [0.15, 0.2) is 47.5 Å². The third-order valence-corrected chi connectivity index (χ3v) is 3.55. The summed E-state index contributed by atoms with van der Waals surface area (Å²) in [4.78, 5) is 28.7. The lowest BCUT2D eigenvalue weighted by Crippen LogP contribution is -2.12. The fourth-order valence-electron chi connectivity index (χ4n) is 1.77. The summed E-state index contributed by atoms with van der Waals surface area (Å²) in [6.45, 7) is 2.00. The van der Waals surface area contributed by atoms with Gasteiger partial charge in [0.25, 0.3) is 5.24 Å². The van der Waals surface area contributed by atoms with Crippen molar-refractivity contribution in [3.8, 4) is 5.88 Å². The number of nitrogens with zero attached hydrogens (tertiary/aromatic N) is 1. The molecule has 0 aliphatic rings. The van der Waals surface area contributed by atoms with Crippen molar-refractivity contribution >= 4 is 28.7 Å². The second kappa shape index (κ2) is 8.19. The Morgan fingerprint density at radius 1 is 1.22 bits per heavy atom. The van der Waals surface area contributed by atoms with Crippen molar-refractivity contribution in [3.63, 3.8) is 0 Å². The van der Waals surface area contributed by atoms with E-state index in [9.17, 15) is 9.59 Å². The van der Waals surface area contributed by atoms with Crippen LogP contribution in [0.3, 0.4) is 0 Å². The van der Waals surface area contributed by atoms with Crippen LogP contribution in [0.2, 0.25) is 0 Å². The van der Waals surface area contributed by atoms with Gasteiger partial charge in [-0.25, -0.2) is 9.78 Å². The number of rotatable bonds is 5. The Hall–Kier alpha value is -2.54. The van der Waals surface area contributed by atoms with Crippen molar-refractivity contribution in [1.29, 1.82) is 0 Å². The minimum Gasteiger partial charge on any atom is -0.481 e. The third-order valence-electron chi connectivity index (χ3n) is 2.79. The Kier molecular flexibility index (Phi) is 5.99. The molecule has 0 aliphatic heterocycles. The SMILES string of the molecule is CCOC(=O)c1ccccc1NC(=O)Sc1ccc(OC)nc1. The van der Waals surface area contributed by atoms with Crippen LogP contribution in [0.4, 0.5) is 10.5 Å². The van der Waals surface area contributed by atoms with Gasteiger partial charge in [-0.2, -0.15) is 0 Å². The van der Waals surface area contributed by atoms with Gasteiger partial charge in [-0.05, 0) is 36.9 Å². The van der Waals surface area contributed by atoms with Crippen LogP contribution in [0.1, 0.15) is 17.3 Å². The number of ether oxygens (including phenoxy) is 2. The van der Waals surface area contributed by atoms with Gasteiger partial charge < -0.3 is 14.8 Å². The van der Waals surface area contributed by atoms with E-state index >= 15 is 0 Å². The molecule has 120 valence electrons.